The van der Waals surface area contributed by atoms with Crippen LogP contribution in [-0.4, -0.2) is 5.11 Å². The highest BCUT2D eigenvalue weighted by molar-refractivity contribution is 7.79. The molecule has 2 saturated carbocycles. The minimum atomic E-state index is 0.420. The maximum atomic E-state index is 10.1. The highest BCUT2D eigenvalue weighted by Crippen LogP contribution is 2.61. The summed E-state index contributed by atoms with van der Waals surface area (Å²) in [5.41, 5.74) is 4.50. The number of aryl methyl sites for hydroxylation is 1. The van der Waals surface area contributed by atoms with Gasteiger partial charge >= 0.3 is 0 Å². The van der Waals surface area contributed by atoms with E-state index in [-0.39, 0.29) is 0 Å². The minimum Gasteiger partial charge on any atom is -0.508 e. The lowest BCUT2D eigenvalue weighted by atomic mass is 9.56. The van der Waals surface area contributed by atoms with Gasteiger partial charge in [-0.05, 0) is 78.9 Å². The molecule has 1 aromatic rings. The molecule has 1 aromatic carbocycles. The van der Waals surface area contributed by atoms with E-state index in [4.69, 9.17) is 12.6 Å². The summed E-state index contributed by atoms with van der Waals surface area (Å²) in [6.45, 7) is 2.54. The summed E-state index contributed by atoms with van der Waals surface area (Å²) in [5.74, 6) is 3.48. The summed E-state index contributed by atoms with van der Waals surface area (Å²) in [6, 6.07) is 4.25. The van der Waals surface area contributed by atoms with Gasteiger partial charge in [0.15, 0.2) is 0 Å². The van der Waals surface area contributed by atoms with Gasteiger partial charge in [0.1, 0.15) is 5.75 Å². The molecule has 4 rings (SSSR count). The second-order valence-electron chi connectivity index (χ2n) is 7.82. The number of phenols is 1. The van der Waals surface area contributed by atoms with Gasteiger partial charge < -0.3 is 5.11 Å². The first-order chi connectivity index (χ1) is 10.1. The molecule has 1 N–H and O–H groups in total. The maximum Gasteiger partial charge on any atom is 0.119 e. The molecule has 1 radical (unpaired) electrons. The molecule has 0 saturated heterocycles. The first-order valence-electron chi connectivity index (χ1n) is 8.55. The van der Waals surface area contributed by atoms with E-state index in [2.05, 4.69) is 13.0 Å². The van der Waals surface area contributed by atoms with Crippen LogP contribution in [0.4, 0.5) is 0 Å². The minimum absolute atomic E-state index is 0.420. The third-order valence-corrected chi connectivity index (χ3v) is 7.17. The Bertz CT molecular complexity index is 567. The molecule has 113 valence electrons. The van der Waals surface area contributed by atoms with Crippen molar-refractivity contribution in [2.75, 3.05) is 0 Å². The van der Waals surface area contributed by atoms with Crippen molar-refractivity contribution in [2.45, 2.75) is 63.5 Å². The lowest BCUT2D eigenvalue weighted by Gasteiger charge is -2.49. The molecule has 0 bridgehead atoms. The van der Waals surface area contributed by atoms with Gasteiger partial charge in [-0.1, -0.05) is 32.0 Å². The predicted octanol–water partition coefficient (Wildman–Crippen LogP) is 5.34. The Morgan fingerprint density at radius 2 is 2.10 bits per heavy atom. The van der Waals surface area contributed by atoms with Crippen LogP contribution in [0, 0.1) is 17.3 Å². The first kappa shape index (κ1) is 14.0. The summed E-state index contributed by atoms with van der Waals surface area (Å²) in [5, 5.41) is 10.1. The fourth-order valence-corrected chi connectivity index (χ4v) is 6.00. The van der Waals surface area contributed by atoms with Crippen LogP contribution in [0.3, 0.4) is 0 Å². The summed E-state index contributed by atoms with van der Waals surface area (Å²) in [6.07, 6.45) is 9.53. The Labute approximate surface area is 133 Å². The van der Waals surface area contributed by atoms with Gasteiger partial charge in [0.25, 0.3) is 0 Å². The summed E-state index contributed by atoms with van der Waals surface area (Å²) >= 11 is 5.19. The molecular formula is C19H25OS. The van der Waals surface area contributed by atoms with Crippen LogP contribution in [0.5, 0.6) is 5.75 Å². The van der Waals surface area contributed by atoms with E-state index in [1.165, 1.54) is 49.7 Å². The number of rotatable bonds is 1. The molecule has 3 aliphatic rings. The van der Waals surface area contributed by atoms with Crippen LogP contribution >= 0.6 is 12.6 Å². The quantitative estimate of drug-likeness (QED) is 0.742. The molecule has 21 heavy (non-hydrogen) atoms. The van der Waals surface area contributed by atoms with E-state index >= 15 is 0 Å². The summed E-state index contributed by atoms with van der Waals surface area (Å²) in [4.78, 5) is 0. The Morgan fingerprint density at radius 3 is 2.90 bits per heavy atom. The highest BCUT2D eigenvalue weighted by atomic mass is 32.1. The van der Waals surface area contributed by atoms with Crippen molar-refractivity contribution in [3.05, 3.63) is 28.8 Å². The summed E-state index contributed by atoms with van der Waals surface area (Å²) < 4.78 is 0. The fourth-order valence-electron chi connectivity index (χ4n) is 5.76. The standard InChI is InChI=1S/C19H25OS/c1-19-7-2-3-17(19)15-5-4-12-10-18(20)13(11-21)9-16(12)14(15)6-8-19/h9-10,14-15,17,20H,2-8,11H2,1H3/t14?,15?,17?,19-/m0/s1. The van der Waals surface area contributed by atoms with E-state index in [0.717, 1.165) is 29.7 Å². The Balaban J connectivity index is 1.73. The average Bonchev–Trinajstić information content (AvgIpc) is 2.88. The molecule has 2 fully saturated rings. The molecule has 0 aliphatic heterocycles. The largest absolute Gasteiger partial charge is 0.508 e. The van der Waals surface area contributed by atoms with Gasteiger partial charge in [0.05, 0.1) is 0 Å². The van der Waals surface area contributed by atoms with Crippen molar-refractivity contribution in [2.24, 2.45) is 17.3 Å². The molecule has 0 amide bonds. The van der Waals surface area contributed by atoms with Gasteiger partial charge in [0.2, 0.25) is 0 Å². The molecular weight excluding hydrogens is 276 g/mol. The molecule has 3 aliphatic carbocycles. The Morgan fingerprint density at radius 1 is 1.24 bits per heavy atom. The monoisotopic (exact) mass is 301 g/mol. The van der Waals surface area contributed by atoms with Crippen molar-refractivity contribution in [3.8, 4) is 5.75 Å². The zero-order chi connectivity index (χ0) is 14.6. The van der Waals surface area contributed by atoms with Crippen LogP contribution in [0.25, 0.3) is 0 Å². The molecule has 0 aromatic heterocycles. The molecule has 1 nitrogen and oxygen atoms in total. The zero-order valence-electron chi connectivity index (χ0n) is 12.9. The molecule has 2 heteroatoms. The second kappa shape index (κ2) is 4.94. The van der Waals surface area contributed by atoms with Crippen molar-refractivity contribution in [1.82, 2.24) is 0 Å². The Kier molecular flexibility index (Phi) is 3.29. The maximum absolute atomic E-state index is 10.1. The van der Waals surface area contributed by atoms with Crippen molar-refractivity contribution in [1.29, 1.82) is 0 Å². The van der Waals surface area contributed by atoms with Crippen LogP contribution in [-0.2, 0) is 12.2 Å². The fraction of sp³-hybridized carbons (Fsp3) is 0.684. The SMILES string of the molecule is C[C@@]12CCCC1C1CCc3cc(O)c(C[S])cc3C1CC2. The van der Waals surface area contributed by atoms with Crippen molar-refractivity contribution < 1.29 is 5.11 Å². The van der Waals surface area contributed by atoms with E-state index in [0.29, 0.717) is 16.9 Å². The van der Waals surface area contributed by atoms with E-state index in [1.54, 1.807) is 0 Å². The lowest BCUT2D eigenvalue weighted by molar-refractivity contribution is 0.0598. The van der Waals surface area contributed by atoms with Crippen LogP contribution in [0.2, 0.25) is 0 Å². The number of fused-ring (bicyclic) bond motifs is 5. The zero-order valence-corrected chi connectivity index (χ0v) is 13.7. The van der Waals surface area contributed by atoms with Gasteiger partial charge in [-0.15, -0.1) is 0 Å². The third-order valence-electron chi connectivity index (χ3n) is 6.86. The number of hydrogen-bond donors (Lipinski definition) is 1. The van der Waals surface area contributed by atoms with E-state index < -0.39 is 0 Å². The Hall–Kier alpha value is -0.630. The molecule has 4 atom stereocenters. The number of aromatic hydroxyl groups is 1. The van der Waals surface area contributed by atoms with Crippen molar-refractivity contribution >= 4 is 12.6 Å². The van der Waals surface area contributed by atoms with Gasteiger partial charge in [-0.2, -0.15) is 0 Å². The number of hydrogen-bond acceptors (Lipinski definition) is 1. The lowest BCUT2D eigenvalue weighted by Crippen LogP contribution is -2.39. The van der Waals surface area contributed by atoms with Gasteiger partial charge in [0, 0.05) is 11.3 Å². The predicted molar refractivity (Wildman–Crippen MR) is 88.6 cm³/mol. The first-order valence-corrected chi connectivity index (χ1v) is 9.13. The van der Waals surface area contributed by atoms with Crippen LogP contribution in [0.15, 0.2) is 12.1 Å². The van der Waals surface area contributed by atoms with E-state index in [9.17, 15) is 5.11 Å². The van der Waals surface area contributed by atoms with Gasteiger partial charge in [-0.3, -0.25) is 0 Å². The number of benzene rings is 1. The molecule has 0 spiro atoms. The van der Waals surface area contributed by atoms with Crippen LogP contribution < -0.4 is 0 Å². The average molecular weight is 301 g/mol. The van der Waals surface area contributed by atoms with Crippen LogP contribution in [0.1, 0.15) is 68.1 Å². The second-order valence-corrected chi connectivity index (χ2v) is 8.11. The third kappa shape index (κ3) is 2.05. The summed E-state index contributed by atoms with van der Waals surface area (Å²) in [7, 11) is 0. The van der Waals surface area contributed by atoms with Crippen molar-refractivity contribution in [3.63, 3.8) is 0 Å². The smallest absolute Gasteiger partial charge is 0.119 e. The molecule has 0 heterocycles. The highest BCUT2D eigenvalue weighted by Gasteiger charge is 2.50. The normalized spacial score (nSPS) is 37.7. The molecule has 3 unspecified atom stereocenters. The topological polar surface area (TPSA) is 20.2 Å². The van der Waals surface area contributed by atoms with Gasteiger partial charge in [-0.25, -0.2) is 0 Å². The van der Waals surface area contributed by atoms with E-state index in [1.807, 2.05) is 6.07 Å². The number of phenolic OH excluding ortho intramolecular Hbond substituents is 1.